The summed E-state index contributed by atoms with van der Waals surface area (Å²) < 4.78 is 26.7. The summed E-state index contributed by atoms with van der Waals surface area (Å²) in [6, 6.07) is 15.4. The lowest BCUT2D eigenvalue weighted by Crippen LogP contribution is -2.43. The minimum atomic E-state index is -1.91. The van der Waals surface area contributed by atoms with Crippen molar-refractivity contribution in [3.8, 4) is 0 Å². The molecule has 6 heteroatoms. The zero-order valence-electron chi connectivity index (χ0n) is 19.3. The monoisotopic (exact) mass is 463 g/mol. The van der Waals surface area contributed by atoms with Crippen molar-refractivity contribution >= 4 is 19.9 Å². The molecule has 0 aliphatic carbocycles. The van der Waals surface area contributed by atoms with Crippen molar-refractivity contribution in [1.29, 1.82) is 0 Å². The molecule has 2 aromatic rings. The van der Waals surface area contributed by atoms with Crippen LogP contribution in [0.5, 0.6) is 0 Å². The molecule has 0 aromatic heterocycles. The third-order valence-corrected chi connectivity index (χ3v) is 11.4. The van der Waals surface area contributed by atoms with E-state index in [2.05, 4.69) is 63.0 Å². The van der Waals surface area contributed by atoms with Gasteiger partial charge in [-0.1, -0.05) is 68.8 Å². The number of nitrogens with zero attached hydrogens (tertiary/aromatic N) is 1. The molecule has 0 bridgehead atoms. The zero-order valence-corrected chi connectivity index (χ0v) is 21.1. The van der Waals surface area contributed by atoms with Crippen molar-refractivity contribution in [3.63, 3.8) is 0 Å². The van der Waals surface area contributed by atoms with E-state index in [1.165, 1.54) is 11.6 Å². The Morgan fingerprint density at radius 3 is 2.52 bits per heavy atom. The minimum absolute atomic E-state index is 0.127. The van der Waals surface area contributed by atoms with Crippen LogP contribution in [0.2, 0.25) is 23.2 Å². The second-order valence-corrected chi connectivity index (χ2v) is 15.2. The number of benzene rings is 2. The van der Waals surface area contributed by atoms with Gasteiger partial charge in [-0.15, -0.1) is 0 Å². The van der Waals surface area contributed by atoms with Crippen LogP contribution in [0.25, 0.3) is 0 Å². The van der Waals surface area contributed by atoms with Crippen LogP contribution in [0.3, 0.4) is 0 Å². The minimum Gasteiger partial charge on any atom is -0.416 e. The Kier molecular flexibility index (Phi) is 7.98. The predicted molar refractivity (Wildman–Crippen MR) is 128 cm³/mol. The highest BCUT2D eigenvalue weighted by atomic mass is 35.5. The van der Waals surface area contributed by atoms with Crippen LogP contribution in [-0.4, -0.2) is 39.5 Å². The standard InChI is InChI=1S/C25H35ClFNO2Si/c1-25(2,3)31(4,5)30-18-21-17-28(16-19-9-7-6-8-10-19)13-14-29-24(21)20-11-12-23(27)22(26)15-20/h6-12,15,21,24H,13-14,16-18H2,1-5H3. The van der Waals surface area contributed by atoms with Crippen molar-refractivity contribution in [2.24, 2.45) is 5.92 Å². The molecule has 0 N–H and O–H groups in total. The third kappa shape index (κ3) is 6.39. The van der Waals surface area contributed by atoms with Crippen molar-refractivity contribution in [3.05, 3.63) is 70.5 Å². The van der Waals surface area contributed by atoms with Crippen LogP contribution >= 0.6 is 11.6 Å². The summed E-state index contributed by atoms with van der Waals surface area (Å²) in [6.07, 6.45) is -0.177. The molecule has 0 saturated carbocycles. The molecule has 31 heavy (non-hydrogen) atoms. The van der Waals surface area contributed by atoms with Gasteiger partial charge in [0.25, 0.3) is 0 Å². The lowest BCUT2D eigenvalue weighted by atomic mass is 9.95. The van der Waals surface area contributed by atoms with E-state index in [4.69, 9.17) is 20.8 Å². The van der Waals surface area contributed by atoms with Gasteiger partial charge in [0.2, 0.25) is 0 Å². The van der Waals surface area contributed by atoms with Gasteiger partial charge in [-0.3, -0.25) is 4.90 Å². The fraction of sp³-hybridized carbons (Fsp3) is 0.520. The molecule has 1 saturated heterocycles. The first-order valence-corrected chi connectivity index (χ1v) is 14.3. The van der Waals surface area contributed by atoms with Crippen LogP contribution in [0.4, 0.5) is 4.39 Å². The van der Waals surface area contributed by atoms with Crippen LogP contribution in [0, 0.1) is 11.7 Å². The number of ether oxygens (including phenoxy) is 1. The molecule has 2 atom stereocenters. The Bertz CT molecular complexity index is 856. The van der Waals surface area contributed by atoms with Crippen molar-refractivity contribution in [2.75, 3.05) is 26.3 Å². The van der Waals surface area contributed by atoms with E-state index < -0.39 is 14.1 Å². The smallest absolute Gasteiger partial charge is 0.191 e. The van der Waals surface area contributed by atoms with Gasteiger partial charge >= 0.3 is 0 Å². The summed E-state index contributed by atoms with van der Waals surface area (Å²) in [7, 11) is -1.91. The molecule has 3 nitrogen and oxygen atoms in total. The summed E-state index contributed by atoms with van der Waals surface area (Å²) in [5.41, 5.74) is 2.20. The van der Waals surface area contributed by atoms with Crippen LogP contribution in [-0.2, 0) is 15.7 Å². The van der Waals surface area contributed by atoms with Crippen molar-refractivity contribution in [2.45, 2.75) is 51.6 Å². The molecule has 0 radical (unpaired) electrons. The molecule has 2 aromatic carbocycles. The van der Waals surface area contributed by atoms with Gasteiger partial charge in [0.15, 0.2) is 8.32 Å². The maximum Gasteiger partial charge on any atom is 0.191 e. The number of rotatable bonds is 6. The second-order valence-electron chi connectivity index (χ2n) is 10.0. The molecular formula is C25H35ClFNO2Si. The first-order valence-electron chi connectivity index (χ1n) is 11.0. The van der Waals surface area contributed by atoms with Crippen LogP contribution in [0.15, 0.2) is 48.5 Å². The summed E-state index contributed by atoms with van der Waals surface area (Å²) in [6.45, 7) is 15.1. The van der Waals surface area contributed by atoms with E-state index in [1.807, 2.05) is 6.07 Å². The van der Waals surface area contributed by atoms with Gasteiger partial charge in [-0.05, 0) is 41.4 Å². The predicted octanol–water partition coefficient (Wildman–Crippen LogP) is 6.69. The van der Waals surface area contributed by atoms with Crippen LogP contribution < -0.4 is 0 Å². The highest BCUT2D eigenvalue weighted by Gasteiger charge is 2.39. The molecule has 3 rings (SSSR count). The van der Waals surface area contributed by atoms with Crippen LogP contribution in [0.1, 0.15) is 38.0 Å². The highest BCUT2D eigenvalue weighted by Crippen LogP contribution is 2.38. The lowest BCUT2D eigenvalue weighted by Gasteiger charge is -2.38. The lowest BCUT2D eigenvalue weighted by molar-refractivity contribution is 0.0132. The molecular weight excluding hydrogens is 429 g/mol. The third-order valence-electron chi connectivity index (χ3n) is 6.61. The Morgan fingerprint density at radius 1 is 1.16 bits per heavy atom. The molecule has 0 amide bonds. The van der Waals surface area contributed by atoms with E-state index in [1.54, 1.807) is 12.1 Å². The Labute approximate surface area is 192 Å². The molecule has 1 fully saturated rings. The molecule has 1 aliphatic rings. The largest absolute Gasteiger partial charge is 0.416 e. The maximum atomic E-state index is 13.8. The van der Waals surface area contributed by atoms with Gasteiger partial charge in [0, 0.05) is 32.2 Å². The van der Waals surface area contributed by atoms with E-state index in [-0.39, 0.29) is 22.1 Å². The number of hydrogen-bond donors (Lipinski definition) is 0. The average Bonchev–Trinajstić information content (AvgIpc) is 2.90. The molecule has 1 aliphatic heterocycles. The molecule has 1 heterocycles. The second kappa shape index (κ2) is 10.1. The molecule has 2 unspecified atom stereocenters. The van der Waals surface area contributed by atoms with E-state index in [0.717, 1.165) is 25.2 Å². The summed E-state index contributed by atoms with van der Waals surface area (Å²) >= 11 is 6.10. The fourth-order valence-corrected chi connectivity index (χ4v) is 4.93. The van der Waals surface area contributed by atoms with E-state index in [9.17, 15) is 4.39 Å². The molecule has 0 spiro atoms. The van der Waals surface area contributed by atoms with Crippen molar-refractivity contribution < 1.29 is 13.6 Å². The Balaban J connectivity index is 1.83. The van der Waals surface area contributed by atoms with Gasteiger partial charge in [0.05, 0.1) is 17.7 Å². The summed E-state index contributed by atoms with van der Waals surface area (Å²) in [5, 5.41) is 0.271. The summed E-state index contributed by atoms with van der Waals surface area (Å²) in [4.78, 5) is 2.43. The fourth-order valence-electron chi connectivity index (χ4n) is 3.68. The van der Waals surface area contributed by atoms with E-state index >= 15 is 0 Å². The van der Waals surface area contributed by atoms with Gasteiger partial charge in [0.1, 0.15) is 5.82 Å². The van der Waals surface area contributed by atoms with Gasteiger partial charge in [-0.2, -0.15) is 0 Å². The first kappa shape index (κ1) is 24.4. The van der Waals surface area contributed by atoms with Crippen molar-refractivity contribution in [1.82, 2.24) is 4.90 Å². The SMILES string of the molecule is CC(C)(C)[Si](C)(C)OCC1CN(Cc2ccccc2)CCOC1c1ccc(F)c(Cl)c1. The van der Waals surface area contributed by atoms with Gasteiger partial charge < -0.3 is 9.16 Å². The first-order chi connectivity index (χ1) is 14.6. The average molecular weight is 464 g/mol. The Hall–Kier alpha value is -1.24. The quantitative estimate of drug-likeness (QED) is 0.445. The normalized spacial score (nSPS) is 21.1. The Morgan fingerprint density at radius 2 is 1.87 bits per heavy atom. The zero-order chi connectivity index (χ0) is 22.6. The highest BCUT2D eigenvalue weighted by molar-refractivity contribution is 6.74. The summed E-state index contributed by atoms with van der Waals surface area (Å²) in [5.74, 6) is -0.277. The number of halogens is 2. The topological polar surface area (TPSA) is 21.7 Å². The van der Waals surface area contributed by atoms with E-state index in [0.29, 0.717) is 13.2 Å². The maximum absolute atomic E-state index is 13.8. The van der Waals surface area contributed by atoms with Gasteiger partial charge in [-0.25, -0.2) is 4.39 Å². The number of hydrogen-bond acceptors (Lipinski definition) is 3. The molecule has 170 valence electrons.